The summed E-state index contributed by atoms with van der Waals surface area (Å²) in [5.74, 6) is 0.947. The van der Waals surface area contributed by atoms with Crippen molar-refractivity contribution in [2.24, 2.45) is 0 Å². The van der Waals surface area contributed by atoms with Crippen molar-refractivity contribution >= 4 is 21.8 Å². The molecule has 0 aromatic carbocycles. The molecule has 1 fully saturated rings. The minimum Gasteiger partial charge on any atom is -0.481 e. The Balaban J connectivity index is 2.55. The van der Waals surface area contributed by atoms with Gasteiger partial charge in [-0.3, -0.25) is 4.79 Å². The lowest BCUT2D eigenvalue weighted by atomic mass is 10.2. The molecule has 0 bridgehead atoms. The monoisotopic (exact) mass is 316 g/mol. The van der Waals surface area contributed by atoms with Crippen molar-refractivity contribution in [3.8, 4) is 12.3 Å². The third-order valence-corrected chi connectivity index (χ3v) is 4.92. The van der Waals surface area contributed by atoms with Gasteiger partial charge in [0.05, 0.1) is 24.0 Å². The zero-order chi connectivity index (χ0) is 15.9. The van der Waals surface area contributed by atoms with E-state index in [-0.39, 0.29) is 24.5 Å². The number of urea groups is 1. The second-order valence-corrected chi connectivity index (χ2v) is 7.18. The molecule has 1 atom stereocenters. The number of carboxylic acid groups (broad SMARTS) is 1. The fourth-order valence-corrected chi connectivity index (χ4v) is 3.70. The number of terminal acetylenes is 1. The molecule has 8 heteroatoms. The number of unbranched alkanes of at least 4 members (excludes halogenated alkanes) is 2. The third-order valence-electron chi connectivity index (χ3n) is 3.23. The van der Waals surface area contributed by atoms with E-state index in [1.165, 1.54) is 4.90 Å². The van der Waals surface area contributed by atoms with E-state index in [0.717, 1.165) is 12.8 Å². The number of nitrogens with zero attached hydrogens (tertiary/aromatic N) is 1. The average Bonchev–Trinajstić information content (AvgIpc) is 2.36. The van der Waals surface area contributed by atoms with Crippen LogP contribution >= 0.6 is 0 Å². The number of hydrogen-bond acceptors (Lipinski definition) is 4. The van der Waals surface area contributed by atoms with Gasteiger partial charge in [0, 0.05) is 19.5 Å². The van der Waals surface area contributed by atoms with E-state index in [1.54, 1.807) is 0 Å². The molecule has 1 aliphatic heterocycles. The highest BCUT2D eigenvalue weighted by Gasteiger charge is 2.35. The van der Waals surface area contributed by atoms with E-state index < -0.39 is 27.9 Å². The Kier molecular flexibility index (Phi) is 6.49. The molecular formula is C13H20N2O5S. The molecule has 0 aromatic rings. The van der Waals surface area contributed by atoms with Gasteiger partial charge in [-0.25, -0.2) is 13.2 Å². The van der Waals surface area contributed by atoms with Gasteiger partial charge in [-0.15, -0.1) is 12.3 Å². The molecule has 118 valence electrons. The van der Waals surface area contributed by atoms with Gasteiger partial charge in [0.15, 0.2) is 9.84 Å². The Morgan fingerprint density at radius 3 is 2.71 bits per heavy atom. The molecule has 0 aliphatic carbocycles. The first-order valence-corrected chi connectivity index (χ1v) is 8.58. The number of aliphatic carboxylic acids is 1. The fraction of sp³-hybridized carbons (Fsp3) is 0.692. The van der Waals surface area contributed by atoms with E-state index in [4.69, 9.17) is 11.5 Å². The summed E-state index contributed by atoms with van der Waals surface area (Å²) in [6, 6.07) is -1.23. The second kappa shape index (κ2) is 7.88. The summed E-state index contributed by atoms with van der Waals surface area (Å²) in [6.07, 6.45) is 6.91. The molecule has 2 N–H and O–H groups in total. The van der Waals surface area contributed by atoms with Crippen molar-refractivity contribution in [1.82, 2.24) is 10.2 Å². The van der Waals surface area contributed by atoms with Crippen LogP contribution in [0.4, 0.5) is 4.79 Å². The third kappa shape index (κ3) is 6.04. The number of amides is 2. The van der Waals surface area contributed by atoms with Crippen molar-refractivity contribution in [2.45, 2.75) is 31.7 Å². The average molecular weight is 316 g/mol. The maximum absolute atomic E-state index is 12.0. The van der Waals surface area contributed by atoms with Crippen molar-refractivity contribution in [2.75, 3.05) is 24.6 Å². The van der Waals surface area contributed by atoms with Crippen LogP contribution in [0.3, 0.4) is 0 Å². The Labute approximate surface area is 124 Å². The zero-order valence-corrected chi connectivity index (χ0v) is 12.6. The normalized spacial score (nSPS) is 20.5. The summed E-state index contributed by atoms with van der Waals surface area (Å²) in [5.41, 5.74) is 0. The summed E-state index contributed by atoms with van der Waals surface area (Å²) in [5, 5.41) is 11.5. The van der Waals surface area contributed by atoms with Gasteiger partial charge < -0.3 is 15.3 Å². The van der Waals surface area contributed by atoms with Crippen LogP contribution in [0.25, 0.3) is 0 Å². The molecule has 1 heterocycles. The number of carbonyl (C=O) groups excluding carboxylic acids is 1. The van der Waals surface area contributed by atoms with Crippen LogP contribution in [0.5, 0.6) is 0 Å². The van der Waals surface area contributed by atoms with E-state index in [1.807, 2.05) is 0 Å². The number of sulfone groups is 1. The molecule has 21 heavy (non-hydrogen) atoms. The quantitative estimate of drug-likeness (QED) is 0.533. The maximum atomic E-state index is 12.0. The van der Waals surface area contributed by atoms with Gasteiger partial charge in [0.2, 0.25) is 0 Å². The number of carbonyl (C=O) groups is 2. The Morgan fingerprint density at radius 1 is 1.38 bits per heavy atom. The van der Waals surface area contributed by atoms with E-state index >= 15 is 0 Å². The topological polar surface area (TPSA) is 104 Å². The first kappa shape index (κ1) is 17.3. The first-order chi connectivity index (χ1) is 9.85. The van der Waals surface area contributed by atoms with E-state index in [9.17, 15) is 18.0 Å². The van der Waals surface area contributed by atoms with Crippen LogP contribution < -0.4 is 5.32 Å². The smallest absolute Gasteiger partial charge is 0.317 e. The highest BCUT2D eigenvalue weighted by molar-refractivity contribution is 7.91. The van der Waals surface area contributed by atoms with E-state index in [0.29, 0.717) is 13.0 Å². The van der Waals surface area contributed by atoms with Crippen LogP contribution in [-0.4, -0.2) is 61.1 Å². The molecule has 0 spiro atoms. The highest BCUT2D eigenvalue weighted by atomic mass is 32.2. The van der Waals surface area contributed by atoms with Crippen molar-refractivity contribution < 1.29 is 23.1 Å². The van der Waals surface area contributed by atoms with Crippen molar-refractivity contribution in [1.29, 1.82) is 0 Å². The predicted molar refractivity (Wildman–Crippen MR) is 77.5 cm³/mol. The highest BCUT2D eigenvalue weighted by Crippen LogP contribution is 2.15. The van der Waals surface area contributed by atoms with E-state index in [2.05, 4.69) is 11.2 Å². The summed E-state index contributed by atoms with van der Waals surface area (Å²) >= 11 is 0. The Bertz CT molecular complexity index is 523. The van der Waals surface area contributed by atoms with Gasteiger partial charge in [-0.2, -0.15) is 0 Å². The van der Waals surface area contributed by atoms with Crippen molar-refractivity contribution in [3.63, 3.8) is 0 Å². The Morgan fingerprint density at radius 2 is 2.10 bits per heavy atom. The summed E-state index contributed by atoms with van der Waals surface area (Å²) in [7, 11) is -3.28. The molecule has 0 radical (unpaired) electrons. The molecule has 0 aromatic heterocycles. The Hall–Kier alpha value is -1.75. The lowest BCUT2D eigenvalue weighted by molar-refractivity contribution is -0.138. The SMILES string of the molecule is C#CCCCCNC(=O)N1CCS(=O)(=O)CC1CC(=O)O. The maximum Gasteiger partial charge on any atom is 0.317 e. The minimum absolute atomic E-state index is 0.0243. The molecule has 1 unspecified atom stereocenters. The lowest BCUT2D eigenvalue weighted by Crippen LogP contribution is -2.55. The first-order valence-electron chi connectivity index (χ1n) is 6.76. The predicted octanol–water partition coefficient (Wildman–Crippen LogP) is 0.0732. The van der Waals surface area contributed by atoms with Crippen LogP contribution in [-0.2, 0) is 14.6 Å². The molecule has 1 saturated heterocycles. The molecule has 1 rings (SSSR count). The van der Waals surface area contributed by atoms with Crippen LogP contribution in [0.2, 0.25) is 0 Å². The van der Waals surface area contributed by atoms with Crippen molar-refractivity contribution in [3.05, 3.63) is 0 Å². The van der Waals surface area contributed by atoms with Crippen LogP contribution in [0.1, 0.15) is 25.7 Å². The zero-order valence-electron chi connectivity index (χ0n) is 11.7. The number of carboxylic acids is 1. The molecule has 7 nitrogen and oxygen atoms in total. The number of hydrogen-bond donors (Lipinski definition) is 2. The lowest BCUT2D eigenvalue weighted by Gasteiger charge is -2.34. The number of rotatable bonds is 6. The summed E-state index contributed by atoms with van der Waals surface area (Å²) in [6.45, 7) is 0.458. The molecule has 0 saturated carbocycles. The molecular weight excluding hydrogens is 296 g/mol. The van der Waals surface area contributed by atoms with Gasteiger partial charge in [0.25, 0.3) is 0 Å². The van der Waals surface area contributed by atoms with Crippen LogP contribution in [0, 0.1) is 12.3 Å². The summed E-state index contributed by atoms with van der Waals surface area (Å²) < 4.78 is 23.1. The fourth-order valence-electron chi connectivity index (χ4n) is 2.17. The van der Waals surface area contributed by atoms with Gasteiger partial charge in [-0.05, 0) is 12.8 Å². The van der Waals surface area contributed by atoms with Gasteiger partial charge in [0.1, 0.15) is 0 Å². The standard InChI is InChI=1S/C13H20N2O5S/c1-2-3-4-5-6-14-13(18)15-7-8-21(19,20)10-11(15)9-12(16)17/h1,11H,3-10H2,(H,14,18)(H,16,17). The van der Waals surface area contributed by atoms with Gasteiger partial charge >= 0.3 is 12.0 Å². The molecule has 2 amide bonds. The molecule has 1 aliphatic rings. The largest absolute Gasteiger partial charge is 0.481 e. The number of nitrogens with one attached hydrogen (secondary N) is 1. The van der Waals surface area contributed by atoms with Crippen LogP contribution in [0.15, 0.2) is 0 Å². The minimum atomic E-state index is -3.28. The summed E-state index contributed by atoms with van der Waals surface area (Å²) in [4.78, 5) is 24.1. The second-order valence-electron chi connectivity index (χ2n) is 4.95. The van der Waals surface area contributed by atoms with Gasteiger partial charge in [-0.1, -0.05) is 0 Å².